The molecule has 3 aromatic carbocycles. The lowest BCUT2D eigenvalue weighted by Crippen LogP contribution is -2.14. The van der Waals surface area contributed by atoms with Gasteiger partial charge in [-0.05, 0) is 52.4 Å². The molecule has 0 unspecified atom stereocenters. The number of hydrogen-bond acceptors (Lipinski definition) is 5. The molecular weight excluding hydrogens is 424 g/mol. The van der Waals surface area contributed by atoms with Crippen LogP contribution >= 0.6 is 0 Å². The molecule has 0 saturated carbocycles. The van der Waals surface area contributed by atoms with Gasteiger partial charge in [-0.1, -0.05) is 75.9 Å². The average molecular weight is 450 g/mol. The predicted octanol–water partition coefficient (Wildman–Crippen LogP) is 6.70. The van der Waals surface area contributed by atoms with Gasteiger partial charge in [-0.25, -0.2) is 0 Å². The molecule has 0 bridgehead atoms. The Morgan fingerprint density at radius 1 is 0.912 bits per heavy atom. The van der Waals surface area contributed by atoms with E-state index in [1.54, 1.807) is 36.4 Å². The summed E-state index contributed by atoms with van der Waals surface area (Å²) in [6, 6.07) is 22.1. The van der Waals surface area contributed by atoms with E-state index in [2.05, 4.69) is 37.5 Å². The first-order chi connectivity index (χ1) is 16.2. The number of aromatic nitrogens is 2. The third-order valence-corrected chi connectivity index (χ3v) is 5.39. The fourth-order valence-corrected chi connectivity index (χ4v) is 3.34. The van der Waals surface area contributed by atoms with Crippen LogP contribution in [0.25, 0.3) is 34.4 Å². The third kappa shape index (κ3) is 5.02. The molecule has 1 heterocycles. The van der Waals surface area contributed by atoms with Gasteiger partial charge in [0.25, 0.3) is 0 Å². The van der Waals surface area contributed by atoms with Crippen LogP contribution in [-0.2, 0) is 10.2 Å². The maximum atomic E-state index is 10.4. The molecule has 0 fully saturated rings. The van der Waals surface area contributed by atoms with Crippen molar-refractivity contribution in [3.63, 3.8) is 0 Å². The highest BCUT2D eigenvalue weighted by atomic mass is 16.5. The zero-order valence-electron chi connectivity index (χ0n) is 19.4. The normalized spacial score (nSPS) is 11.1. The molecule has 0 spiro atoms. The summed E-state index contributed by atoms with van der Waals surface area (Å²) in [6.07, 6.45) is 1.77. The van der Waals surface area contributed by atoms with Gasteiger partial charge in [-0.15, -0.1) is 10.2 Å². The Bertz CT molecular complexity index is 1340. The monoisotopic (exact) mass is 449 g/mol. The molecule has 0 aliphatic rings. The Morgan fingerprint density at radius 2 is 1.56 bits per heavy atom. The van der Waals surface area contributed by atoms with Crippen molar-refractivity contribution < 1.29 is 9.15 Å². The van der Waals surface area contributed by atoms with E-state index in [1.807, 2.05) is 42.5 Å². The van der Waals surface area contributed by atoms with Crippen molar-refractivity contribution in [2.45, 2.75) is 26.2 Å². The van der Waals surface area contributed by atoms with Crippen LogP contribution in [0.1, 0.15) is 43.0 Å². The number of nitrogens with one attached hydrogen (secondary N) is 1. The van der Waals surface area contributed by atoms with Crippen molar-refractivity contribution in [2.24, 2.45) is 0 Å². The summed E-state index contributed by atoms with van der Waals surface area (Å²) in [5.74, 6) is 0.188. The molecule has 0 radical (unpaired) electrons. The van der Waals surface area contributed by atoms with Crippen LogP contribution in [-0.4, -0.2) is 22.0 Å². The number of ether oxygens (including phenoxy) is 1. The minimum absolute atomic E-state index is 0.00576. The van der Waals surface area contributed by atoms with Gasteiger partial charge in [0.1, 0.15) is 0 Å². The standard InChI is InChI=1S/C28H25N4O2/c1-5-18-9-11-20(12-10-18)26-31-32-27(34-26)22-8-6-7-21(17-22)25(30)33-24(29)19-13-15-23(16-14-19)28(2,3)4/h5-17,30H,1H2,2-4H3/q-1. The minimum atomic E-state index is -0.334. The van der Waals surface area contributed by atoms with E-state index in [0.29, 0.717) is 28.5 Å². The van der Waals surface area contributed by atoms with Crippen LogP contribution in [0.15, 0.2) is 83.8 Å². The predicted molar refractivity (Wildman–Crippen MR) is 136 cm³/mol. The van der Waals surface area contributed by atoms with Crippen molar-refractivity contribution in [3.05, 3.63) is 107 Å². The summed E-state index contributed by atoms with van der Waals surface area (Å²) in [5.41, 5.74) is 4.55. The van der Waals surface area contributed by atoms with Gasteiger partial charge in [0.2, 0.25) is 17.7 Å². The van der Waals surface area contributed by atoms with Crippen molar-refractivity contribution in [3.8, 4) is 22.9 Å². The van der Waals surface area contributed by atoms with Gasteiger partial charge in [-0.3, -0.25) is 5.41 Å². The molecule has 6 nitrogen and oxygen atoms in total. The number of nitrogens with zero attached hydrogens (tertiary/aromatic N) is 3. The van der Waals surface area contributed by atoms with E-state index in [9.17, 15) is 5.41 Å². The van der Waals surface area contributed by atoms with Gasteiger partial charge < -0.3 is 14.6 Å². The van der Waals surface area contributed by atoms with Crippen molar-refractivity contribution in [1.82, 2.24) is 10.2 Å². The van der Waals surface area contributed by atoms with Gasteiger partial charge in [0.05, 0.1) is 0 Å². The third-order valence-electron chi connectivity index (χ3n) is 5.39. The average Bonchev–Trinajstić information content (AvgIpc) is 3.34. The largest absolute Gasteiger partial charge is 0.770 e. The molecule has 4 rings (SSSR count). The smallest absolute Gasteiger partial charge is 0.248 e. The van der Waals surface area contributed by atoms with Crippen LogP contribution in [0.2, 0.25) is 0 Å². The quantitative estimate of drug-likeness (QED) is 0.271. The topological polar surface area (TPSA) is 94.3 Å². The minimum Gasteiger partial charge on any atom is -0.770 e. The van der Waals surface area contributed by atoms with Gasteiger partial charge in [-0.2, -0.15) is 0 Å². The number of benzene rings is 3. The fourth-order valence-electron chi connectivity index (χ4n) is 3.34. The number of rotatable bonds is 5. The molecule has 0 saturated heterocycles. The molecule has 1 N–H and O–H groups in total. The second kappa shape index (κ2) is 9.27. The van der Waals surface area contributed by atoms with Crippen LogP contribution in [0.4, 0.5) is 0 Å². The second-order valence-electron chi connectivity index (χ2n) is 8.88. The Morgan fingerprint density at radius 3 is 2.18 bits per heavy atom. The summed E-state index contributed by atoms with van der Waals surface area (Å²) >= 11 is 0. The highest BCUT2D eigenvalue weighted by Crippen LogP contribution is 2.26. The first-order valence-electron chi connectivity index (χ1n) is 10.8. The van der Waals surface area contributed by atoms with Gasteiger partial charge >= 0.3 is 0 Å². The first kappa shape index (κ1) is 22.9. The van der Waals surface area contributed by atoms with Crippen LogP contribution in [0, 0.1) is 5.41 Å². The molecule has 0 atom stereocenters. The zero-order chi connectivity index (χ0) is 24.3. The lowest BCUT2D eigenvalue weighted by molar-refractivity contribution is 0.551. The molecule has 6 heteroatoms. The molecule has 0 amide bonds. The van der Waals surface area contributed by atoms with Crippen LogP contribution in [0.3, 0.4) is 0 Å². The molecule has 1 aromatic heterocycles. The zero-order valence-corrected chi connectivity index (χ0v) is 19.4. The summed E-state index contributed by atoms with van der Waals surface area (Å²) in [6.45, 7) is 10.1. The number of hydrogen-bond donors (Lipinski definition) is 1. The SMILES string of the molecule is C=Cc1ccc(-c2nnc(-c3cccc(C(=N)OC(=[N-])c4ccc(C(C)(C)C)cc4)c3)o2)cc1. The van der Waals surface area contributed by atoms with Gasteiger partial charge in [0, 0.05) is 22.6 Å². The van der Waals surface area contributed by atoms with E-state index >= 15 is 0 Å². The Kier molecular flexibility index (Phi) is 6.23. The molecular formula is C28H25N4O2-. The summed E-state index contributed by atoms with van der Waals surface area (Å²) in [7, 11) is 0. The van der Waals surface area contributed by atoms with E-state index < -0.39 is 0 Å². The van der Waals surface area contributed by atoms with Crippen molar-refractivity contribution in [1.29, 1.82) is 5.41 Å². The van der Waals surface area contributed by atoms with E-state index in [0.717, 1.165) is 16.7 Å². The van der Waals surface area contributed by atoms with Crippen LogP contribution < -0.4 is 0 Å². The molecule has 4 aromatic rings. The van der Waals surface area contributed by atoms with E-state index in [-0.39, 0.29) is 17.2 Å². The van der Waals surface area contributed by atoms with Gasteiger partial charge in [0.15, 0.2) is 0 Å². The lowest BCUT2D eigenvalue weighted by atomic mass is 9.87. The molecule has 34 heavy (non-hydrogen) atoms. The highest BCUT2D eigenvalue weighted by Gasteiger charge is 2.14. The summed E-state index contributed by atoms with van der Waals surface area (Å²) < 4.78 is 11.3. The highest BCUT2D eigenvalue weighted by molar-refractivity contribution is 6.07. The van der Waals surface area contributed by atoms with E-state index in [1.165, 1.54) is 0 Å². The maximum Gasteiger partial charge on any atom is 0.248 e. The second-order valence-corrected chi connectivity index (χ2v) is 8.88. The Balaban J connectivity index is 1.49. The van der Waals surface area contributed by atoms with E-state index in [4.69, 9.17) is 14.6 Å². The summed E-state index contributed by atoms with van der Waals surface area (Å²) in [4.78, 5) is 0. The molecule has 0 aliphatic carbocycles. The summed E-state index contributed by atoms with van der Waals surface area (Å²) in [5, 5.41) is 27.0. The Labute approximate surface area is 199 Å². The van der Waals surface area contributed by atoms with Crippen molar-refractivity contribution >= 4 is 17.9 Å². The van der Waals surface area contributed by atoms with Crippen LogP contribution in [0.5, 0.6) is 0 Å². The fraction of sp³-hybridized carbons (Fsp3) is 0.143. The molecule has 170 valence electrons. The lowest BCUT2D eigenvalue weighted by Gasteiger charge is -2.21. The molecule has 0 aliphatic heterocycles. The first-order valence-corrected chi connectivity index (χ1v) is 10.8. The maximum absolute atomic E-state index is 10.4. The van der Waals surface area contributed by atoms with Crippen molar-refractivity contribution in [2.75, 3.05) is 0 Å². The Hall–Kier alpha value is -4.32.